The molecule has 1 fully saturated rings. The van der Waals surface area contributed by atoms with Crippen molar-refractivity contribution in [1.82, 2.24) is 9.97 Å². The lowest BCUT2D eigenvalue weighted by molar-refractivity contribution is 0.165. The molecule has 0 amide bonds. The Kier molecular flexibility index (Phi) is 2.86. The quantitative estimate of drug-likeness (QED) is 0.732. The third-order valence-corrected chi connectivity index (χ3v) is 2.23. The Hall–Kier alpha value is -1.56. The van der Waals surface area contributed by atoms with Crippen molar-refractivity contribution in [3.05, 3.63) is 6.07 Å². The van der Waals surface area contributed by atoms with Crippen LogP contribution in [0.5, 0.6) is 5.88 Å². The second-order valence-electron chi connectivity index (χ2n) is 3.53. The largest absolute Gasteiger partial charge is 0.477 e. The van der Waals surface area contributed by atoms with Crippen molar-refractivity contribution in [3.8, 4) is 5.88 Å². The molecule has 6 heteroatoms. The molecule has 6 nitrogen and oxygen atoms in total. The van der Waals surface area contributed by atoms with Crippen LogP contribution in [0.4, 0.5) is 11.8 Å². The molecule has 1 unspecified atom stereocenters. The molecular weight excluding hydrogens is 196 g/mol. The molecule has 1 aliphatic heterocycles. The van der Waals surface area contributed by atoms with Gasteiger partial charge < -0.3 is 20.9 Å². The standard InChI is InChI=1S/C9H14N4O2/c10-7-3-8(13-9(11)12-7)15-5-6-1-2-14-4-6/h3,6H,1-2,4-5H2,(H4,10,11,12,13). The first kappa shape index (κ1) is 9.97. The molecule has 1 saturated heterocycles. The van der Waals surface area contributed by atoms with Crippen molar-refractivity contribution >= 4 is 11.8 Å². The van der Waals surface area contributed by atoms with Gasteiger partial charge in [-0.1, -0.05) is 0 Å². The van der Waals surface area contributed by atoms with Crippen LogP contribution in [0.1, 0.15) is 6.42 Å². The normalized spacial score (nSPS) is 20.4. The molecule has 1 aromatic heterocycles. The van der Waals surface area contributed by atoms with Crippen molar-refractivity contribution < 1.29 is 9.47 Å². The number of anilines is 2. The summed E-state index contributed by atoms with van der Waals surface area (Å²) < 4.78 is 10.7. The molecule has 0 aromatic carbocycles. The first-order chi connectivity index (χ1) is 7.24. The van der Waals surface area contributed by atoms with Crippen LogP contribution in [0.25, 0.3) is 0 Å². The van der Waals surface area contributed by atoms with E-state index in [-0.39, 0.29) is 5.95 Å². The summed E-state index contributed by atoms with van der Waals surface area (Å²) in [6, 6.07) is 1.56. The topological polar surface area (TPSA) is 96.3 Å². The lowest BCUT2D eigenvalue weighted by Gasteiger charge is -2.09. The highest BCUT2D eigenvalue weighted by molar-refractivity contribution is 5.38. The van der Waals surface area contributed by atoms with Gasteiger partial charge in [-0.05, 0) is 6.42 Å². The van der Waals surface area contributed by atoms with E-state index in [0.29, 0.717) is 24.2 Å². The average Bonchev–Trinajstić information content (AvgIpc) is 2.65. The van der Waals surface area contributed by atoms with Crippen LogP contribution in [0.3, 0.4) is 0 Å². The van der Waals surface area contributed by atoms with Crippen LogP contribution >= 0.6 is 0 Å². The maximum Gasteiger partial charge on any atom is 0.225 e. The molecule has 2 rings (SSSR count). The molecular formula is C9H14N4O2. The number of hydrogen-bond donors (Lipinski definition) is 2. The first-order valence-corrected chi connectivity index (χ1v) is 4.84. The molecule has 0 bridgehead atoms. The average molecular weight is 210 g/mol. The molecule has 0 spiro atoms. The molecule has 1 aromatic rings. The molecule has 1 atom stereocenters. The molecule has 1 aliphatic rings. The third-order valence-electron chi connectivity index (χ3n) is 2.23. The Balaban J connectivity index is 1.92. The zero-order valence-corrected chi connectivity index (χ0v) is 8.35. The Morgan fingerprint density at radius 2 is 2.33 bits per heavy atom. The van der Waals surface area contributed by atoms with Gasteiger partial charge in [-0.3, -0.25) is 0 Å². The predicted molar refractivity (Wildman–Crippen MR) is 55.3 cm³/mol. The van der Waals surface area contributed by atoms with Gasteiger partial charge in [-0.25, -0.2) is 0 Å². The Labute approximate surface area is 87.6 Å². The number of rotatable bonds is 3. The minimum atomic E-state index is 0.132. The van der Waals surface area contributed by atoms with Gasteiger partial charge in [0.15, 0.2) is 0 Å². The van der Waals surface area contributed by atoms with Crippen LogP contribution in [0.2, 0.25) is 0 Å². The molecule has 4 N–H and O–H groups in total. The summed E-state index contributed by atoms with van der Waals surface area (Å²) in [5, 5.41) is 0. The lowest BCUT2D eigenvalue weighted by atomic mass is 10.1. The van der Waals surface area contributed by atoms with E-state index in [2.05, 4.69) is 9.97 Å². The maximum absolute atomic E-state index is 5.51. The van der Waals surface area contributed by atoms with Gasteiger partial charge in [0.2, 0.25) is 11.8 Å². The molecule has 15 heavy (non-hydrogen) atoms. The summed E-state index contributed by atoms with van der Waals surface area (Å²) in [5.74, 6) is 1.31. The van der Waals surface area contributed by atoms with Gasteiger partial charge in [0, 0.05) is 18.6 Å². The summed E-state index contributed by atoms with van der Waals surface area (Å²) in [5.41, 5.74) is 10.9. The molecule has 2 heterocycles. The molecule has 0 radical (unpaired) electrons. The fourth-order valence-corrected chi connectivity index (χ4v) is 1.45. The van der Waals surface area contributed by atoms with Crippen molar-refractivity contribution in [2.24, 2.45) is 5.92 Å². The number of ether oxygens (including phenoxy) is 2. The van der Waals surface area contributed by atoms with Crippen molar-refractivity contribution in [2.75, 3.05) is 31.3 Å². The molecule has 0 saturated carbocycles. The van der Waals surface area contributed by atoms with E-state index in [1.807, 2.05) is 0 Å². The highest BCUT2D eigenvalue weighted by Gasteiger charge is 2.16. The van der Waals surface area contributed by atoms with E-state index in [1.54, 1.807) is 6.07 Å². The van der Waals surface area contributed by atoms with E-state index in [1.165, 1.54) is 0 Å². The highest BCUT2D eigenvalue weighted by Crippen LogP contribution is 2.16. The predicted octanol–water partition coefficient (Wildman–Crippen LogP) is 0.0563. The lowest BCUT2D eigenvalue weighted by Crippen LogP contribution is -2.13. The van der Waals surface area contributed by atoms with E-state index in [9.17, 15) is 0 Å². The van der Waals surface area contributed by atoms with Crippen LogP contribution < -0.4 is 16.2 Å². The maximum atomic E-state index is 5.51. The minimum absolute atomic E-state index is 0.132. The van der Waals surface area contributed by atoms with Crippen molar-refractivity contribution in [3.63, 3.8) is 0 Å². The number of aromatic nitrogens is 2. The van der Waals surface area contributed by atoms with Crippen LogP contribution in [0, 0.1) is 5.92 Å². The Morgan fingerprint density at radius 1 is 1.47 bits per heavy atom. The van der Waals surface area contributed by atoms with Gasteiger partial charge in [0.05, 0.1) is 13.2 Å². The summed E-state index contributed by atoms with van der Waals surface area (Å²) in [6.45, 7) is 2.13. The number of nitrogen functional groups attached to an aromatic ring is 2. The van der Waals surface area contributed by atoms with Crippen LogP contribution in [-0.2, 0) is 4.74 Å². The van der Waals surface area contributed by atoms with Crippen molar-refractivity contribution in [2.45, 2.75) is 6.42 Å². The van der Waals surface area contributed by atoms with Crippen LogP contribution in [0.15, 0.2) is 6.07 Å². The van der Waals surface area contributed by atoms with Gasteiger partial charge in [-0.15, -0.1) is 0 Å². The number of hydrogen-bond acceptors (Lipinski definition) is 6. The zero-order valence-electron chi connectivity index (χ0n) is 8.35. The smallest absolute Gasteiger partial charge is 0.225 e. The number of nitrogens with two attached hydrogens (primary N) is 2. The number of nitrogens with zero attached hydrogens (tertiary/aromatic N) is 2. The Bertz CT molecular complexity index is 319. The fraction of sp³-hybridized carbons (Fsp3) is 0.556. The van der Waals surface area contributed by atoms with E-state index < -0.39 is 0 Å². The third kappa shape index (κ3) is 2.69. The van der Waals surface area contributed by atoms with E-state index in [4.69, 9.17) is 20.9 Å². The van der Waals surface area contributed by atoms with Gasteiger partial charge >= 0.3 is 0 Å². The van der Waals surface area contributed by atoms with Crippen molar-refractivity contribution in [1.29, 1.82) is 0 Å². The fourth-order valence-electron chi connectivity index (χ4n) is 1.45. The van der Waals surface area contributed by atoms with Gasteiger partial charge in [-0.2, -0.15) is 9.97 Å². The summed E-state index contributed by atoms with van der Waals surface area (Å²) >= 11 is 0. The minimum Gasteiger partial charge on any atom is -0.477 e. The molecule has 82 valence electrons. The van der Waals surface area contributed by atoms with E-state index in [0.717, 1.165) is 19.6 Å². The van der Waals surface area contributed by atoms with E-state index >= 15 is 0 Å². The monoisotopic (exact) mass is 210 g/mol. The SMILES string of the molecule is Nc1cc(OCC2CCOC2)nc(N)n1. The first-order valence-electron chi connectivity index (χ1n) is 4.84. The summed E-state index contributed by atoms with van der Waals surface area (Å²) in [6.07, 6.45) is 1.02. The van der Waals surface area contributed by atoms with Crippen LogP contribution in [-0.4, -0.2) is 29.8 Å². The summed E-state index contributed by atoms with van der Waals surface area (Å²) in [7, 11) is 0. The molecule has 0 aliphatic carbocycles. The summed E-state index contributed by atoms with van der Waals surface area (Å²) in [4.78, 5) is 7.67. The highest BCUT2D eigenvalue weighted by atomic mass is 16.5. The van der Waals surface area contributed by atoms with Gasteiger partial charge in [0.25, 0.3) is 0 Å². The Morgan fingerprint density at radius 3 is 3.00 bits per heavy atom. The zero-order chi connectivity index (χ0) is 10.7. The second-order valence-corrected chi connectivity index (χ2v) is 3.53. The second kappa shape index (κ2) is 4.31. The van der Waals surface area contributed by atoms with Gasteiger partial charge in [0.1, 0.15) is 5.82 Å².